The van der Waals surface area contributed by atoms with Crippen molar-refractivity contribution in [3.05, 3.63) is 60.7 Å². The second kappa shape index (κ2) is 6.49. The highest BCUT2D eigenvalue weighted by Gasteiger charge is 2.23. The molecule has 4 nitrogen and oxygen atoms in total. The van der Waals surface area contributed by atoms with Crippen LogP contribution in [0.5, 0.6) is 0 Å². The summed E-state index contributed by atoms with van der Waals surface area (Å²) >= 11 is 0. The Labute approximate surface area is 142 Å². The summed E-state index contributed by atoms with van der Waals surface area (Å²) in [5, 5.41) is 0. The average Bonchev–Trinajstić information content (AvgIpc) is 3.09. The predicted octanol–water partition coefficient (Wildman–Crippen LogP) is 3.76. The van der Waals surface area contributed by atoms with Crippen LogP contribution in [0.4, 0.5) is 6.01 Å². The first-order valence-electron chi connectivity index (χ1n) is 8.36. The van der Waals surface area contributed by atoms with E-state index in [0.29, 0.717) is 0 Å². The second-order valence-corrected chi connectivity index (χ2v) is 6.20. The number of hydrogen-bond donors (Lipinski definition) is 0. The number of benzene rings is 2. The van der Waals surface area contributed by atoms with E-state index in [1.54, 1.807) is 0 Å². The molecule has 1 aliphatic heterocycles. The number of rotatable bonds is 3. The van der Waals surface area contributed by atoms with Crippen LogP contribution in [-0.2, 0) is 0 Å². The molecule has 0 aliphatic carbocycles. The van der Waals surface area contributed by atoms with Gasteiger partial charge in [-0.1, -0.05) is 60.7 Å². The van der Waals surface area contributed by atoms with Crippen LogP contribution in [0.3, 0.4) is 0 Å². The van der Waals surface area contributed by atoms with Gasteiger partial charge >= 0.3 is 0 Å². The van der Waals surface area contributed by atoms with Gasteiger partial charge in [-0.05, 0) is 7.05 Å². The van der Waals surface area contributed by atoms with E-state index in [-0.39, 0.29) is 0 Å². The number of nitrogens with zero attached hydrogens (tertiary/aromatic N) is 3. The van der Waals surface area contributed by atoms with Crippen molar-refractivity contribution in [2.24, 2.45) is 0 Å². The number of hydrogen-bond acceptors (Lipinski definition) is 4. The lowest BCUT2D eigenvalue weighted by Crippen LogP contribution is -2.44. The topological polar surface area (TPSA) is 32.5 Å². The maximum Gasteiger partial charge on any atom is 0.298 e. The number of likely N-dealkylation sites (N-methyl/N-ethyl adjacent to an activating group) is 1. The fourth-order valence-electron chi connectivity index (χ4n) is 3.02. The molecule has 2 aromatic carbocycles. The van der Waals surface area contributed by atoms with Crippen molar-refractivity contribution in [3.63, 3.8) is 0 Å². The SMILES string of the molecule is CN1CCN(c2nc(-c3ccccc3)c(-c3ccccc3)o2)CC1. The van der Waals surface area contributed by atoms with Crippen molar-refractivity contribution in [2.75, 3.05) is 38.1 Å². The molecule has 1 saturated heterocycles. The van der Waals surface area contributed by atoms with Crippen molar-refractivity contribution in [2.45, 2.75) is 0 Å². The first kappa shape index (κ1) is 15.0. The molecule has 0 radical (unpaired) electrons. The second-order valence-electron chi connectivity index (χ2n) is 6.20. The van der Waals surface area contributed by atoms with Gasteiger partial charge in [0.2, 0.25) is 0 Å². The maximum absolute atomic E-state index is 6.23. The summed E-state index contributed by atoms with van der Waals surface area (Å²) in [5.74, 6) is 0.843. The number of oxazole rings is 1. The molecule has 3 aromatic rings. The van der Waals surface area contributed by atoms with E-state index in [4.69, 9.17) is 9.40 Å². The van der Waals surface area contributed by atoms with Gasteiger partial charge in [-0.2, -0.15) is 4.98 Å². The van der Waals surface area contributed by atoms with E-state index in [1.165, 1.54) is 0 Å². The summed E-state index contributed by atoms with van der Waals surface area (Å²) in [5.41, 5.74) is 3.06. The molecule has 0 unspecified atom stereocenters. The van der Waals surface area contributed by atoms with Crippen LogP contribution in [0, 0.1) is 0 Å². The third-order valence-corrected chi connectivity index (χ3v) is 4.47. The highest BCUT2D eigenvalue weighted by Crippen LogP contribution is 2.35. The zero-order valence-corrected chi connectivity index (χ0v) is 13.9. The first-order chi connectivity index (χ1) is 11.8. The standard InChI is InChI=1S/C20H21N3O/c1-22-12-14-23(15-13-22)20-21-18(16-8-4-2-5-9-16)19(24-20)17-10-6-3-7-11-17/h2-11H,12-15H2,1H3. The van der Waals surface area contributed by atoms with E-state index in [0.717, 1.165) is 54.8 Å². The normalized spacial score (nSPS) is 15.6. The molecular formula is C20H21N3O. The van der Waals surface area contributed by atoms with E-state index in [2.05, 4.69) is 41.1 Å². The lowest BCUT2D eigenvalue weighted by molar-refractivity contribution is 0.305. The van der Waals surface area contributed by atoms with Gasteiger partial charge in [0.05, 0.1) is 0 Å². The molecule has 0 atom stereocenters. The molecule has 1 aromatic heterocycles. The Balaban J connectivity index is 1.76. The maximum atomic E-state index is 6.23. The Morgan fingerprint density at radius 3 is 2.00 bits per heavy atom. The molecule has 4 rings (SSSR count). The summed E-state index contributed by atoms with van der Waals surface area (Å²) in [6.45, 7) is 3.95. The summed E-state index contributed by atoms with van der Waals surface area (Å²) in [6.07, 6.45) is 0. The van der Waals surface area contributed by atoms with Crippen LogP contribution < -0.4 is 4.90 Å². The monoisotopic (exact) mass is 319 g/mol. The van der Waals surface area contributed by atoms with Crippen molar-refractivity contribution in [1.29, 1.82) is 0 Å². The fourth-order valence-corrected chi connectivity index (χ4v) is 3.02. The third-order valence-electron chi connectivity index (χ3n) is 4.47. The average molecular weight is 319 g/mol. The molecule has 1 fully saturated rings. The van der Waals surface area contributed by atoms with Crippen molar-refractivity contribution in [3.8, 4) is 22.6 Å². The van der Waals surface area contributed by atoms with Gasteiger partial charge in [-0.25, -0.2) is 0 Å². The van der Waals surface area contributed by atoms with Gasteiger partial charge in [-0.15, -0.1) is 0 Å². The van der Waals surface area contributed by atoms with Crippen molar-refractivity contribution in [1.82, 2.24) is 9.88 Å². The van der Waals surface area contributed by atoms with Crippen LogP contribution in [0.25, 0.3) is 22.6 Å². The van der Waals surface area contributed by atoms with Crippen LogP contribution in [0.2, 0.25) is 0 Å². The minimum absolute atomic E-state index is 0.723. The molecule has 0 N–H and O–H groups in total. The highest BCUT2D eigenvalue weighted by atomic mass is 16.4. The molecule has 0 spiro atoms. The van der Waals surface area contributed by atoms with E-state index in [1.807, 2.05) is 36.4 Å². The Morgan fingerprint density at radius 2 is 1.38 bits per heavy atom. The zero-order chi connectivity index (χ0) is 16.4. The minimum atomic E-state index is 0.723. The molecule has 0 bridgehead atoms. The number of aromatic nitrogens is 1. The smallest absolute Gasteiger partial charge is 0.298 e. The molecule has 1 aliphatic rings. The van der Waals surface area contributed by atoms with Gasteiger partial charge in [0.15, 0.2) is 5.76 Å². The Hall–Kier alpha value is -2.59. The largest absolute Gasteiger partial charge is 0.423 e. The van der Waals surface area contributed by atoms with E-state index in [9.17, 15) is 0 Å². The van der Waals surface area contributed by atoms with E-state index < -0.39 is 0 Å². The summed E-state index contributed by atoms with van der Waals surface area (Å²) in [6, 6.07) is 21.2. The Morgan fingerprint density at radius 1 is 0.792 bits per heavy atom. The van der Waals surface area contributed by atoms with Crippen molar-refractivity contribution >= 4 is 6.01 Å². The van der Waals surface area contributed by atoms with Crippen LogP contribution in [0.1, 0.15) is 0 Å². The van der Waals surface area contributed by atoms with Gasteiger partial charge < -0.3 is 14.2 Å². The molecular weight excluding hydrogens is 298 g/mol. The molecule has 0 amide bonds. The third kappa shape index (κ3) is 2.93. The fraction of sp³-hybridized carbons (Fsp3) is 0.250. The lowest BCUT2D eigenvalue weighted by atomic mass is 10.1. The number of anilines is 1. The summed E-state index contributed by atoms with van der Waals surface area (Å²) in [4.78, 5) is 9.41. The van der Waals surface area contributed by atoms with Crippen LogP contribution >= 0.6 is 0 Å². The van der Waals surface area contributed by atoms with Gasteiger partial charge in [0.1, 0.15) is 5.69 Å². The molecule has 4 heteroatoms. The molecule has 0 saturated carbocycles. The van der Waals surface area contributed by atoms with Crippen molar-refractivity contribution < 1.29 is 4.42 Å². The molecule has 122 valence electrons. The van der Waals surface area contributed by atoms with Gasteiger partial charge in [-0.3, -0.25) is 0 Å². The summed E-state index contributed by atoms with van der Waals surface area (Å²) < 4.78 is 6.23. The highest BCUT2D eigenvalue weighted by molar-refractivity contribution is 5.78. The van der Waals surface area contributed by atoms with Gasteiger partial charge in [0.25, 0.3) is 6.01 Å². The van der Waals surface area contributed by atoms with Gasteiger partial charge in [0, 0.05) is 37.3 Å². The first-order valence-corrected chi connectivity index (χ1v) is 8.36. The molecule has 24 heavy (non-hydrogen) atoms. The zero-order valence-electron chi connectivity index (χ0n) is 13.9. The summed E-state index contributed by atoms with van der Waals surface area (Å²) in [7, 11) is 2.15. The Kier molecular flexibility index (Phi) is 4.05. The predicted molar refractivity (Wildman–Crippen MR) is 97.1 cm³/mol. The quantitative estimate of drug-likeness (QED) is 0.736. The minimum Gasteiger partial charge on any atom is -0.423 e. The lowest BCUT2D eigenvalue weighted by Gasteiger charge is -2.31. The Bertz CT molecular complexity index is 733. The van der Waals surface area contributed by atoms with Crippen LogP contribution in [0.15, 0.2) is 65.1 Å². The van der Waals surface area contributed by atoms with Crippen LogP contribution in [-0.4, -0.2) is 43.1 Å². The molecule has 2 heterocycles. The van der Waals surface area contributed by atoms with E-state index >= 15 is 0 Å². The number of piperazine rings is 1.